The van der Waals surface area contributed by atoms with Gasteiger partial charge >= 0.3 is 0 Å². The van der Waals surface area contributed by atoms with Crippen molar-refractivity contribution in [2.45, 2.75) is 6.54 Å². The molecule has 0 aliphatic rings. The molecule has 1 N–H and O–H groups in total. The van der Waals surface area contributed by atoms with Crippen molar-refractivity contribution in [3.8, 4) is 0 Å². The maximum absolute atomic E-state index is 6.97. The molecule has 0 saturated heterocycles. The Hall–Kier alpha value is -0.600. The van der Waals surface area contributed by atoms with Gasteiger partial charge in [0.05, 0.1) is 5.02 Å². The first-order chi connectivity index (χ1) is 4.34. The van der Waals surface area contributed by atoms with Crippen LogP contribution in [0.25, 0.3) is 0 Å². The molecule has 0 aliphatic heterocycles. The molecule has 3 heteroatoms. The fraction of sp³-hybridized carbons (Fsp3) is 0.167. The molecule has 1 radical (unpaired) electrons. The van der Waals surface area contributed by atoms with Crippen molar-refractivity contribution >= 4 is 11.6 Å². The second-order valence-electron chi connectivity index (χ2n) is 1.64. The fourth-order valence-corrected chi connectivity index (χ4v) is 0.734. The van der Waals surface area contributed by atoms with Crippen molar-refractivity contribution in [3.63, 3.8) is 0 Å². The molecule has 0 fully saturated rings. The second kappa shape index (κ2) is 2.80. The summed E-state index contributed by atoms with van der Waals surface area (Å²) in [5, 5.41) is 0.576. The molecule has 1 rings (SSSR count). The summed E-state index contributed by atoms with van der Waals surface area (Å²) in [5.74, 6) is 0. The van der Waals surface area contributed by atoms with E-state index in [4.69, 9.17) is 17.3 Å². The van der Waals surface area contributed by atoms with Gasteiger partial charge in [-0.3, -0.25) is 10.7 Å². The number of rotatable bonds is 1. The van der Waals surface area contributed by atoms with E-state index < -0.39 is 0 Å². The molecule has 0 atom stereocenters. The summed E-state index contributed by atoms with van der Waals surface area (Å²) in [7, 11) is 0. The third kappa shape index (κ3) is 1.40. The van der Waals surface area contributed by atoms with Crippen molar-refractivity contribution in [2.24, 2.45) is 0 Å². The zero-order valence-corrected chi connectivity index (χ0v) is 5.52. The average Bonchev–Trinajstić information content (AvgIpc) is 1.89. The smallest absolute Gasteiger partial charge is 0.0634 e. The number of nitrogens with zero attached hydrogens (tertiary/aromatic N) is 1. The lowest BCUT2D eigenvalue weighted by molar-refractivity contribution is 1.02. The van der Waals surface area contributed by atoms with Crippen LogP contribution in [0.1, 0.15) is 5.56 Å². The zero-order chi connectivity index (χ0) is 6.69. The van der Waals surface area contributed by atoms with Crippen molar-refractivity contribution in [1.82, 2.24) is 10.7 Å². The molecule has 1 heterocycles. The lowest BCUT2D eigenvalue weighted by Gasteiger charge is -1.94. The first kappa shape index (κ1) is 6.52. The quantitative estimate of drug-likeness (QED) is 0.584. The summed E-state index contributed by atoms with van der Waals surface area (Å²) in [6.07, 6.45) is 3.18. The fourth-order valence-electron chi connectivity index (χ4n) is 0.547. The van der Waals surface area contributed by atoms with E-state index in [0.29, 0.717) is 5.02 Å². The van der Waals surface area contributed by atoms with Crippen LogP contribution in [0.2, 0.25) is 5.02 Å². The number of nitrogens with one attached hydrogen (secondary N) is 1. The molecule has 0 aromatic carbocycles. The predicted molar refractivity (Wildman–Crippen MR) is 36.0 cm³/mol. The van der Waals surface area contributed by atoms with Crippen molar-refractivity contribution in [3.05, 3.63) is 29.0 Å². The summed E-state index contributed by atoms with van der Waals surface area (Å²) < 4.78 is 0. The SMILES string of the molecule is [NH]Cc1ccncc1Cl. The number of pyridine rings is 1. The predicted octanol–water partition coefficient (Wildman–Crippen LogP) is 1.52. The summed E-state index contributed by atoms with van der Waals surface area (Å²) in [6.45, 7) is 0.224. The molecule has 0 bridgehead atoms. The van der Waals surface area contributed by atoms with Gasteiger partial charge in [0.1, 0.15) is 0 Å². The van der Waals surface area contributed by atoms with Gasteiger partial charge in [-0.2, -0.15) is 0 Å². The minimum atomic E-state index is 0.224. The van der Waals surface area contributed by atoms with Crippen molar-refractivity contribution in [1.29, 1.82) is 0 Å². The van der Waals surface area contributed by atoms with Gasteiger partial charge in [0.15, 0.2) is 0 Å². The lowest BCUT2D eigenvalue weighted by Crippen LogP contribution is -1.85. The van der Waals surface area contributed by atoms with Crippen LogP contribution in [0.4, 0.5) is 0 Å². The van der Waals surface area contributed by atoms with E-state index in [2.05, 4.69) is 4.98 Å². The van der Waals surface area contributed by atoms with Crippen molar-refractivity contribution < 1.29 is 0 Å². The molecule has 0 spiro atoms. The average molecular weight is 142 g/mol. The first-order valence-corrected chi connectivity index (χ1v) is 2.95. The first-order valence-electron chi connectivity index (χ1n) is 2.57. The van der Waals surface area contributed by atoms with E-state index in [1.165, 1.54) is 0 Å². The van der Waals surface area contributed by atoms with Gasteiger partial charge in [0.2, 0.25) is 0 Å². The Morgan fingerprint density at radius 2 is 2.44 bits per heavy atom. The Balaban J connectivity index is 3.01. The summed E-state index contributed by atoms with van der Waals surface area (Å²) in [6, 6.07) is 1.75. The van der Waals surface area contributed by atoms with E-state index >= 15 is 0 Å². The van der Waals surface area contributed by atoms with Gasteiger partial charge in [0, 0.05) is 18.9 Å². The van der Waals surface area contributed by atoms with Crippen LogP contribution in [0.15, 0.2) is 18.5 Å². The highest BCUT2D eigenvalue weighted by molar-refractivity contribution is 6.31. The van der Waals surface area contributed by atoms with Crippen LogP contribution in [0.5, 0.6) is 0 Å². The Labute approximate surface area is 58.7 Å². The molecule has 2 nitrogen and oxygen atoms in total. The maximum atomic E-state index is 6.97. The highest BCUT2D eigenvalue weighted by atomic mass is 35.5. The number of halogens is 1. The second-order valence-corrected chi connectivity index (χ2v) is 2.05. The number of hydrogen-bond donors (Lipinski definition) is 0. The highest BCUT2D eigenvalue weighted by Crippen LogP contribution is 2.11. The monoisotopic (exact) mass is 141 g/mol. The van der Waals surface area contributed by atoms with E-state index in [9.17, 15) is 0 Å². The molecule has 1 aromatic rings. The normalized spacial score (nSPS) is 9.56. The van der Waals surface area contributed by atoms with Gasteiger partial charge in [0.25, 0.3) is 0 Å². The largest absolute Gasteiger partial charge is 0.263 e. The van der Waals surface area contributed by atoms with E-state index in [0.717, 1.165) is 5.56 Å². The molecular formula is C6H6ClN2. The van der Waals surface area contributed by atoms with Crippen LogP contribution in [-0.4, -0.2) is 4.98 Å². The molecule has 47 valence electrons. The standard InChI is InChI=1S/C6H6ClN2/c7-6-4-9-2-1-5(6)3-8/h1-2,4,8H,3H2. The Kier molecular flexibility index (Phi) is 2.03. The summed E-state index contributed by atoms with van der Waals surface area (Å²) in [5.41, 5.74) is 7.80. The highest BCUT2D eigenvalue weighted by Gasteiger charge is 1.93. The minimum Gasteiger partial charge on any atom is -0.263 e. The van der Waals surface area contributed by atoms with Gasteiger partial charge in [-0.25, -0.2) is 0 Å². The Morgan fingerprint density at radius 1 is 1.67 bits per heavy atom. The Bertz CT molecular complexity index is 200. The van der Waals surface area contributed by atoms with Crippen molar-refractivity contribution in [2.75, 3.05) is 0 Å². The number of aromatic nitrogens is 1. The molecular weight excluding hydrogens is 136 g/mol. The molecule has 1 aromatic heterocycles. The van der Waals surface area contributed by atoms with E-state index in [1.807, 2.05) is 0 Å². The maximum Gasteiger partial charge on any atom is 0.0634 e. The van der Waals surface area contributed by atoms with Crippen LogP contribution < -0.4 is 5.73 Å². The van der Waals surface area contributed by atoms with E-state index in [1.54, 1.807) is 18.5 Å². The molecule has 0 unspecified atom stereocenters. The summed E-state index contributed by atoms with van der Waals surface area (Å²) >= 11 is 5.64. The summed E-state index contributed by atoms with van der Waals surface area (Å²) in [4.78, 5) is 3.78. The lowest BCUT2D eigenvalue weighted by atomic mass is 10.3. The molecule has 0 saturated carbocycles. The molecule has 0 amide bonds. The molecule has 0 aliphatic carbocycles. The van der Waals surface area contributed by atoms with Crippen LogP contribution >= 0.6 is 11.6 Å². The van der Waals surface area contributed by atoms with Gasteiger partial charge < -0.3 is 0 Å². The van der Waals surface area contributed by atoms with Crippen LogP contribution in [-0.2, 0) is 6.54 Å². The third-order valence-corrected chi connectivity index (χ3v) is 1.39. The third-order valence-electron chi connectivity index (χ3n) is 1.05. The topological polar surface area (TPSA) is 36.7 Å². The van der Waals surface area contributed by atoms with Gasteiger partial charge in [-0.05, 0) is 11.6 Å². The Morgan fingerprint density at radius 3 is 2.89 bits per heavy atom. The minimum absolute atomic E-state index is 0.224. The van der Waals surface area contributed by atoms with Crippen LogP contribution in [0, 0.1) is 0 Å². The zero-order valence-electron chi connectivity index (χ0n) is 4.76. The molecule has 9 heavy (non-hydrogen) atoms. The van der Waals surface area contributed by atoms with Gasteiger partial charge in [-0.15, -0.1) is 0 Å². The van der Waals surface area contributed by atoms with E-state index in [-0.39, 0.29) is 6.54 Å². The number of hydrogen-bond acceptors (Lipinski definition) is 1. The van der Waals surface area contributed by atoms with Gasteiger partial charge in [-0.1, -0.05) is 11.6 Å². The van der Waals surface area contributed by atoms with Crippen LogP contribution in [0.3, 0.4) is 0 Å².